The Bertz CT molecular complexity index is 308. The Morgan fingerprint density at radius 2 is 1.73 bits per heavy atom. The zero-order valence-corrected chi connectivity index (χ0v) is 10.7. The molecule has 84 valence electrons. The van der Waals surface area contributed by atoms with Gasteiger partial charge in [-0.1, -0.05) is 37.6 Å². The van der Waals surface area contributed by atoms with E-state index in [1.807, 2.05) is 0 Å². The molecule has 1 aromatic carbocycles. The molecule has 1 nitrogen and oxygen atoms in total. The van der Waals surface area contributed by atoms with Gasteiger partial charge < -0.3 is 4.74 Å². The molecule has 2 heteroatoms. The molecule has 0 aliphatic rings. The van der Waals surface area contributed by atoms with Crippen molar-refractivity contribution < 1.29 is 4.74 Å². The van der Waals surface area contributed by atoms with Crippen molar-refractivity contribution in [3.05, 3.63) is 34.4 Å². The fourth-order valence-corrected chi connectivity index (χ4v) is 1.81. The van der Waals surface area contributed by atoms with Crippen LogP contribution in [0.2, 0.25) is 0 Å². The van der Waals surface area contributed by atoms with E-state index >= 15 is 0 Å². The third kappa shape index (κ3) is 3.22. The summed E-state index contributed by atoms with van der Waals surface area (Å²) < 4.78 is 5.25. The van der Waals surface area contributed by atoms with Gasteiger partial charge in [-0.05, 0) is 42.0 Å². The number of hydrogen-bond acceptors (Lipinski definition) is 1. The molecule has 0 aromatic heterocycles. The molecule has 0 saturated heterocycles. The SMILES string of the molecule is Cc1cc(C(C)C)cc(C)c1COCCl. The lowest BCUT2D eigenvalue weighted by atomic mass is 9.94. The van der Waals surface area contributed by atoms with Crippen molar-refractivity contribution in [2.24, 2.45) is 0 Å². The van der Waals surface area contributed by atoms with Crippen molar-refractivity contribution in [1.29, 1.82) is 0 Å². The maximum absolute atomic E-state index is 5.52. The first-order chi connectivity index (χ1) is 7.06. The Labute approximate surface area is 97.4 Å². The van der Waals surface area contributed by atoms with Crippen LogP contribution in [-0.4, -0.2) is 6.07 Å². The van der Waals surface area contributed by atoms with Gasteiger partial charge in [-0.15, -0.1) is 0 Å². The first kappa shape index (κ1) is 12.5. The van der Waals surface area contributed by atoms with Crippen molar-refractivity contribution in [3.8, 4) is 0 Å². The van der Waals surface area contributed by atoms with Crippen molar-refractivity contribution in [2.75, 3.05) is 6.07 Å². The number of aryl methyl sites for hydroxylation is 2. The number of rotatable bonds is 4. The molecule has 0 spiro atoms. The molecule has 0 amide bonds. The van der Waals surface area contributed by atoms with E-state index in [4.69, 9.17) is 16.3 Å². The quantitative estimate of drug-likeness (QED) is 0.702. The highest BCUT2D eigenvalue weighted by Crippen LogP contribution is 2.22. The van der Waals surface area contributed by atoms with Gasteiger partial charge in [0.25, 0.3) is 0 Å². The molecule has 0 atom stereocenters. The standard InChI is InChI=1S/C13H19ClO/c1-9(2)12-5-10(3)13(7-15-8-14)11(4)6-12/h5-6,9H,7-8H2,1-4H3. The minimum Gasteiger partial charge on any atom is -0.361 e. The van der Waals surface area contributed by atoms with E-state index in [2.05, 4.69) is 39.8 Å². The predicted molar refractivity (Wildman–Crippen MR) is 65.5 cm³/mol. The first-order valence-corrected chi connectivity index (χ1v) is 5.83. The van der Waals surface area contributed by atoms with E-state index in [0.29, 0.717) is 12.5 Å². The van der Waals surface area contributed by atoms with Gasteiger partial charge >= 0.3 is 0 Å². The molecule has 0 fully saturated rings. The summed E-state index contributed by atoms with van der Waals surface area (Å²) in [5.74, 6) is 0.574. The average Bonchev–Trinajstić information content (AvgIpc) is 2.16. The molecular formula is C13H19ClO. The summed E-state index contributed by atoms with van der Waals surface area (Å²) in [5.41, 5.74) is 5.24. The molecule has 0 aliphatic heterocycles. The fourth-order valence-electron chi connectivity index (χ4n) is 1.73. The van der Waals surface area contributed by atoms with E-state index in [9.17, 15) is 0 Å². The van der Waals surface area contributed by atoms with Gasteiger partial charge in [0.1, 0.15) is 6.07 Å². The Kier molecular flexibility index (Phi) is 4.62. The molecule has 0 unspecified atom stereocenters. The molecule has 0 heterocycles. The Hall–Kier alpha value is -0.530. The predicted octanol–water partition coefficient (Wildman–Crippen LogP) is 4.14. The summed E-state index contributed by atoms with van der Waals surface area (Å²) in [6.45, 7) is 9.30. The third-order valence-corrected chi connectivity index (χ3v) is 2.86. The van der Waals surface area contributed by atoms with Crippen molar-refractivity contribution in [3.63, 3.8) is 0 Å². The van der Waals surface area contributed by atoms with Crippen LogP contribution < -0.4 is 0 Å². The van der Waals surface area contributed by atoms with E-state index in [-0.39, 0.29) is 6.07 Å². The summed E-state index contributed by atoms with van der Waals surface area (Å²) in [6.07, 6.45) is 0. The molecule has 1 aromatic rings. The molecule has 0 aliphatic carbocycles. The summed E-state index contributed by atoms with van der Waals surface area (Å²) >= 11 is 5.52. The molecule has 0 saturated carbocycles. The van der Waals surface area contributed by atoms with Crippen LogP contribution in [0.25, 0.3) is 0 Å². The third-order valence-electron chi connectivity index (χ3n) is 2.71. The summed E-state index contributed by atoms with van der Waals surface area (Å²) in [4.78, 5) is 0. The normalized spacial score (nSPS) is 11.1. The van der Waals surface area contributed by atoms with Crippen LogP contribution in [0.4, 0.5) is 0 Å². The fraction of sp³-hybridized carbons (Fsp3) is 0.538. The van der Waals surface area contributed by atoms with Crippen LogP contribution in [0.1, 0.15) is 42.0 Å². The minimum absolute atomic E-state index is 0.255. The minimum atomic E-state index is 0.255. The van der Waals surface area contributed by atoms with Crippen LogP contribution in [0.15, 0.2) is 12.1 Å². The van der Waals surface area contributed by atoms with Crippen molar-refractivity contribution in [1.82, 2.24) is 0 Å². The first-order valence-electron chi connectivity index (χ1n) is 5.30. The van der Waals surface area contributed by atoms with Gasteiger partial charge in [-0.25, -0.2) is 0 Å². The second-order valence-electron chi connectivity index (χ2n) is 4.25. The average molecular weight is 227 g/mol. The topological polar surface area (TPSA) is 9.23 Å². The lowest BCUT2D eigenvalue weighted by Gasteiger charge is -2.14. The number of benzene rings is 1. The highest BCUT2D eigenvalue weighted by Gasteiger charge is 2.07. The van der Waals surface area contributed by atoms with Gasteiger partial charge in [0.15, 0.2) is 0 Å². The molecule has 0 N–H and O–H groups in total. The van der Waals surface area contributed by atoms with Gasteiger partial charge in [-0.3, -0.25) is 0 Å². The smallest absolute Gasteiger partial charge is 0.121 e. The van der Waals surface area contributed by atoms with Gasteiger partial charge in [-0.2, -0.15) is 0 Å². The second kappa shape index (κ2) is 5.53. The lowest BCUT2D eigenvalue weighted by molar-refractivity contribution is 0.164. The van der Waals surface area contributed by atoms with Crippen LogP contribution in [0, 0.1) is 13.8 Å². The number of alkyl halides is 1. The van der Waals surface area contributed by atoms with Gasteiger partial charge in [0.05, 0.1) is 6.61 Å². The Morgan fingerprint density at radius 1 is 1.20 bits per heavy atom. The number of ether oxygens (including phenoxy) is 1. The largest absolute Gasteiger partial charge is 0.361 e. The summed E-state index contributed by atoms with van der Waals surface area (Å²) in [6, 6.07) is 4.74. The highest BCUT2D eigenvalue weighted by molar-refractivity contribution is 6.17. The van der Waals surface area contributed by atoms with Crippen LogP contribution in [0.3, 0.4) is 0 Å². The number of halogens is 1. The molecule has 15 heavy (non-hydrogen) atoms. The van der Waals surface area contributed by atoms with E-state index < -0.39 is 0 Å². The molecule has 0 radical (unpaired) electrons. The Balaban J connectivity index is 2.99. The van der Waals surface area contributed by atoms with E-state index in [0.717, 1.165) is 0 Å². The van der Waals surface area contributed by atoms with Crippen molar-refractivity contribution >= 4 is 11.6 Å². The zero-order chi connectivity index (χ0) is 11.4. The van der Waals surface area contributed by atoms with Crippen LogP contribution >= 0.6 is 11.6 Å². The van der Waals surface area contributed by atoms with Crippen LogP contribution in [0.5, 0.6) is 0 Å². The zero-order valence-electron chi connectivity index (χ0n) is 9.93. The Morgan fingerprint density at radius 3 is 2.13 bits per heavy atom. The van der Waals surface area contributed by atoms with Gasteiger partial charge in [0.2, 0.25) is 0 Å². The van der Waals surface area contributed by atoms with Gasteiger partial charge in [0, 0.05) is 0 Å². The van der Waals surface area contributed by atoms with E-state index in [1.165, 1.54) is 22.3 Å². The highest BCUT2D eigenvalue weighted by atomic mass is 35.5. The molecule has 0 bridgehead atoms. The van der Waals surface area contributed by atoms with E-state index in [1.54, 1.807) is 0 Å². The molecule has 1 rings (SSSR count). The molecular weight excluding hydrogens is 208 g/mol. The second-order valence-corrected chi connectivity index (χ2v) is 4.46. The van der Waals surface area contributed by atoms with Crippen molar-refractivity contribution in [2.45, 2.75) is 40.2 Å². The summed E-state index contributed by atoms with van der Waals surface area (Å²) in [5, 5.41) is 0. The summed E-state index contributed by atoms with van der Waals surface area (Å²) in [7, 11) is 0. The maximum atomic E-state index is 5.52. The van der Waals surface area contributed by atoms with Crippen LogP contribution in [-0.2, 0) is 11.3 Å². The lowest BCUT2D eigenvalue weighted by Crippen LogP contribution is -2.00. The maximum Gasteiger partial charge on any atom is 0.121 e. The monoisotopic (exact) mass is 226 g/mol. The number of hydrogen-bond donors (Lipinski definition) is 0.